The molecule has 0 N–H and O–H groups in total. The van der Waals surface area contributed by atoms with Gasteiger partial charge in [0.05, 0.1) is 0 Å². The second-order valence-electron chi connectivity index (χ2n) is 11.4. The van der Waals surface area contributed by atoms with Gasteiger partial charge in [-0.25, -0.2) is 0 Å². The Balaban J connectivity index is 1.02. The zero-order chi connectivity index (χ0) is 30.5. The van der Waals surface area contributed by atoms with Crippen molar-refractivity contribution in [2.45, 2.75) is 44.3 Å². The molecule has 1 aromatic heterocycles. The molecule has 224 valence electrons. The van der Waals surface area contributed by atoms with Gasteiger partial charge in [0.15, 0.2) is 11.0 Å². The highest BCUT2D eigenvalue weighted by Crippen LogP contribution is 2.29. The average molecular weight is 604 g/mol. The third-order valence-electron chi connectivity index (χ3n) is 8.23. The van der Waals surface area contributed by atoms with E-state index in [0.717, 1.165) is 57.2 Å². The van der Waals surface area contributed by atoms with E-state index in [1.165, 1.54) is 5.56 Å². The van der Waals surface area contributed by atoms with Gasteiger partial charge in [0.1, 0.15) is 0 Å². The van der Waals surface area contributed by atoms with Crippen LogP contribution in [0, 0.1) is 6.92 Å². The number of unbranched alkanes of at least 4 members (excludes halogenated alkanes) is 1. The van der Waals surface area contributed by atoms with Crippen LogP contribution in [0.4, 0.5) is 0 Å². The number of carbonyl (C=O) groups excluding carboxylic acids is 2. The Morgan fingerprint density at radius 2 is 1.59 bits per heavy atom. The van der Waals surface area contributed by atoms with Gasteiger partial charge < -0.3 is 9.80 Å². The van der Waals surface area contributed by atoms with E-state index < -0.39 is 0 Å². The molecular formula is C36H37N5O2S. The molecule has 1 fully saturated rings. The van der Waals surface area contributed by atoms with Crippen molar-refractivity contribution >= 4 is 34.3 Å². The number of benzene rings is 4. The SMILES string of the molecule is Cc1ccc(-n2c(SCCCCC(=O)N3CCN(C(=O)c4cccc5ccccc45)C(C)C3)nnc2-c2ccccc2)cc1. The monoisotopic (exact) mass is 603 g/mol. The molecule has 2 heterocycles. The molecule has 1 atom stereocenters. The minimum absolute atomic E-state index is 0.0346. The summed E-state index contributed by atoms with van der Waals surface area (Å²) in [5.41, 5.74) is 3.98. The highest BCUT2D eigenvalue weighted by atomic mass is 32.2. The Hall–Kier alpha value is -4.43. The Kier molecular flexibility index (Phi) is 9.07. The van der Waals surface area contributed by atoms with Crippen molar-refractivity contribution in [3.63, 3.8) is 0 Å². The zero-order valence-electron chi connectivity index (χ0n) is 25.2. The summed E-state index contributed by atoms with van der Waals surface area (Å²) in [5, 5.41) is 11.9. The number of amides is 2. The van der Waals surface area contributed by atoms with Gasteiger partial charge in [-0.15, -0.1) is 10.2 Å². The van der Waals surface area contributed by atoms with Crippen LogP contribution in [0.15, 0.2) is 102 Å². The first-order valence-corrected chi connectivity index (χ1v) is 16.3. The van der Waals surface area contributed by atoms with E-state index in [2.05, 4.69) is 58.1 Å². The summed E-state index contributed by atoms with van der Waals surface area (Å²) in [4.78, 5) is 30.4. The lowest BCUT2D eigenvalue weighted by Gasteiger charge is -2.40. The van der Waals surface area contributed by atoms with Gasteiger partial charge in [-0.3, -0.25) is 14.2 Å². The van der Waals surface area contributed by atoms with Crippen molar-refractivity contribution in [1.29, 1.82) is 0 Å². The lowest BCUT2D eigenvalue weighted by atomic mass is 10.0. The van der Waals surface area contributed by atoms with Crippen LogP contribution in [-0.4, -0.2) is 67.8 Å². The van der Waals surface area contributed by atoms with Gasteiger partial charge in [0.25, 0.3) is 5.91 Å². The molecule has 44 heavy (non-hydrogen) atoms. The number of rotatable bonds is 9. The number of hydrogen-bond donors (Lipinski definition) is 0. The lowest BCUT2D eigenvalue weighted by molar-refractivity contribution is -0.133. The maximum atomic E-state index is 13.5. The molecule has 1 saturated heterocycles. The summed E-state index contributed by atoms with van der Waals surface area (Å²) in [7, 11) is 0. The molecule has 0 spiro atoms. The van der Waals surface area contributed by atoms with Crippen LogP contribution in [0.3, 0.4) is 0 Å². The summed E-state index contributed by atoms with van der Waals surface area (Å²) in [6.07, 6.45) is 2.21. The first-order chi connectivity index (χ1) is 21.5. The van der Waals surface area contributed by atoms with E-state index in [0.29, 0.717) is 26.1 Å². The first-order valence-electron chi connectivity index (χ1n) is 15.3. The van der Waals surface area contributed by atoms with Crippen LogP contribution in [0.25, 0.3) is 27.8 Å². The molecule has 1 unspecified atom stereocenters. The summed E-state index contributed by atoms with van der Waals surface area (Å²) in [6.45, 7) is 5.79. The molecule has 6 rings (SSSR count). The summed E-state index contributed by atoms with van der Waals surface area (Å²) >= 11 is 1.67. The van der Waals surface area contributed by atoms with Crippen molar-refractivity contribution in [2.24, 2.45) is 0 Å². The normalized spacial score (nSPS) is 15.1. The molecule has 2 amide bonds. The highest BCUT2D eigenvalue weighted by molar-refractivity contribution is 7.99. The van der Waals surface area contributed by atoms with Crippen molar-refractivity contribution in [3.05, 3.63) is 108 Å². The molecule has 0 saturated carbocycles. The van der Waals surface area contributed by atoms with Gasteiger partial charge in [0.2, 0.25) is 5.91 Å². The molecule has 0 bridgehead atoms. The fourth-order valence-corrected chi connectivity index (χ4v) is 6.77. The fourth-order valence-electron chi connectivity index (χ4n) is 5.82. The number of thioether (sulfide) groups is 1. The van der Waals surface area contributed by atoms with Crippen molar-refractivity contribution in [3.8, 4) is 17.1 Å². The summed E-state index contributed by atoms with van der Waals surface area (Å²) < 4.78 is 2.12. The number of nitrogens with zero attached hydrogens (tertiary/aromatic N) is 5. The number of carbonyl (C=O) groups is 2. The van der Waals surface area contributed by atoms with Crippen molar-refractivity contribution < 1.29 is 9.59 Å². The Morgan fingerprint density at radius 3 is 2.39 bits per heavy atom. The fraction of sp³-hybridized carbons (Fsp3) is 0.278. The van der Waals surface area contributed by atoms with Gasteiger partial charge in [0, 0.05) is 54.7 Å². The largest absolute Gasteiger partial charge is 0.339 e. The molecule has 0 aliphatic carbocycles. The number of fused-ring (bicyclic) bond motifs is 1. The van der Waals surface area contributed by atoms with E-state index in [1.54, 1.807) is 11.8 Å². The maximum absolute atomic E-state index is 13.5. The van der Waals surface area contributed by atoms with Crippen LogP contribution in [0.5, 0.6) is 0 Å². The van der Waals surface area contributed by atoms with Gasteiger partial charge in [-0.2, -0.15) is 0 Å². The van der Waals surface area contributed by atoms with Gasteiger partial charge >= 0.3 is 0 Å². The van der Waals surface area contributed by atoms with Crippen LogP contribution < -0.4 is 0 Å². The molecule has 8 heteroatoms. The Bertz CT molecular complexity index is 1750. The quantitative estimate of drug-likeness (QED) is 0.134. The Morgan fingerprint density at radius 1 is 0.841 bits per heavy atom. The summed E-state index contributed by atoms with van der Waals surface area (Å²) in [5.74, 6) is 1.86. The minimum Gasteiger partial charge on any atom is -0.339 e. The predicted molar refractivity (Wildman–Crippen MR) is 177 cm³/mol. The first kappa shape index (κ1) is 29.6. The smallest absolute Gasteiger partial charge is 0.254 e. The number of piperazine rings is 1. The standard InChI is InChI=1S/C36H37N5O2S/c1-26-18-20-30(21-19-26)41-34(29-12-4-3-5-13-29)37-38-36(41)44-24-9-8-17-33(42)39-22-23-40(27(2)25-39)35(43)32-16-10-14-28-11-6-7-15-31(28)32/h3-7,10-16,18-21,27H,8-9,17,22-25H2,1-2H3. The zero-order valence-corrected chi connectivity index (χ0v) is 26.0. The second-order valence-corrected chi connectivity index (χ2v) is 12.4. The van der Waals surface area contributed by atoms with E-state index in [-0.39, 0.29) is 17.9 Å². The minimum atomic E-state index is -0.0401. The topological polar surface area (TPSA) is 71.3 Å². The molecule has 1 aliphatic rings. The number of aromatic nitrogens is 3. The van der Waals surface area contributed by atoms with Gasteiger partial charge in [-0.05, 0) is 55.7 Å². The summed E-state index contributed by atoms with van der Waals surface area (Å²) in [6, 6.07) is 32.3. The third-order valence-corrected chi connectivity index (χ3v) is 9.25. The van der Waals surface area contributed by atoms with Crippen molar-refractivity contribution in [1.82, 2.24) is 24.6 Å². The van der Waals surface area contributed by atoms with Crippen molar-refractivity contribution in [2.75, 3.05) is 25.4 Å². The average Bonchev–Trinajstić information content (AvgIpc) is 3.48. The van der Waals surface area contributed by atoms with E-state index in [4.69, 9.17) is 0 Å². The van der Waals surface area contributed by atoms with Crippen LogP contribution >= 0.6 is 11.8 Å². The Labute approximate surface area is 262 Å². The number of aryl methyl sites for hydroxylation is 1. The number of hydrogen-bond acceptors (Lipinski definition) is 5. The maximum Gasteiger partial charge on any atom is 0.254 e. The molecule has 5 aromatic rings. The van der Waals surface area contributed by atoms with Crippen LogP contribution in [-0.2, 0) is 4.79 Å². The van der Waals surface area contributed by atoms with Crippen LogP contribution in [0.1, 0.15) is 42.1 Å². The second kappa shape index (κ2) is 13.5. The highest BCUT2D eigenvalue weighted by Gasteiger charge is 2.30. The predicted octanol–water partition coefficient (Wildman–Crippen LogP) is 7.03. The molecule has 4 aromatic carbocycles. The van der Waals surface area contributed by atoms with E-state index in [9.17, 15) is 9.59 Å². The van der Waals surface area contributed by atoms with E-state index in [1.807, 2.05) is 77.4 Å². The molecule has 7 nitrogen and oxygen atoms in total. The third kappa shape index (κ3) is 6.40. The molecule has 1 aliphatic heterocycles. The van der Waals surface area contributed by atoms with E-state index >= 15 is 0 Å². The molecule has 0 radical (unpaired) electrons. The lowest BCUT2D eigenvalue weighted by Crippen LogP contribution is -2.55. The van der Waals surface area contributed by atoms with Crippen LogP contribution in [0.2, 0.25) is 0 Å². The van der Waals surface area contributed by atoms with Gasteiger partial charge in [-0.1, -0.05) is 96.2 Å². The molecular weight excluding hydrogens is 566 g/mol.